The van der Waals surface area contributed by atoms with Crippen molar-refractivity contribution in [2.24, 2.45) is 5.73 Å². The highest BCUT2D eigenvalue weighted by atomic mass is 35.5. The number of thiophene rings is 1. The molecule has 1 rings (SSSR count). The molecule has 0 saturated carbocycles. The molecule has 1 amide bonds. The second-order valence-electron chi connectivity index (χ2n) is 3.85. The summed E-state index contributed by atoms with van der Waals surface area (Å²) >= 11 is 7.21. The van der Waals surface area contributed by atoms with Crippen LogP contribution in [0.3, 0.4) is 0 Å². The van der Waals surface area contributed by atoms with Crippen LogP contribution in [0, 0.1) is 0 Å². The van der Waals surface area contributed by atoms with Crippen LogP contribution in [-0.4, -0.2) is 18.0 Å². The van der Waals surface area contributed by atoms with Crippen molar-refractivity contribution in [3.8, 4) is 0 Å². The minimum absolute atomic E-state index is 0.142. The predicted octanol–water partition coefficient (Wildman–Crippen LogP) is 2.65. The maximum atomic E-state index is 11.8. The van der Waals surface area contributed by atoms with Gasteiger partial charge in [-0.1, -0.05) is 25.4 Å². The van der Waals surface area contributed by atoms with E-state index in [4.69, 9.17) is 17.3 Å². The third-order valence-corrected chi connectivity index (χ3v) is 4.17. The minimum Gasteiger partial charge on any atom is -0.349 e. The molecule has 5 heteroatoms. The molecule has 90 valence electrons. The molecule has 0 aromatic carbocycles. The van der Waals surface area contributed by atoms with Crippen LogP contribution in [0.4, 0.5) is 0 Å². The molecule has 0 spiro atoms. The van der Waals surface area contributed by atoms with Crippen molar-refractivity contribution in [2.75, 3.05) is 6.54 Å². The number of hydrogen-bond donors (Lipinski definition) is 2. The molecule has 16 heavy (non-hydrogen) atoms. The summed E-state index contributed by atoms with van der Waals surface area (Å²) in [6.45, 7) is 4.52. The van der Waals surface area contributed by atoms with Gasteiger partial charge >= 0.3 is 0 Å². The number of amides is 1. The van der Waals surface area contributed by atoms with Crippen molar-refractivity contribution in [1.29, 1.82) is 0 Å². The van der Waals surface area contributed by atoms with E-state index in [0.717, 1.165) is 12.8 Å². The smallest absolute Gasteiger partial charge is 0.262 e. The molecular weight excluding hydrogens is 244 g/mol. The first-order valence-corrected chi connectivity index (χ1v) is 6.58. The van der Waals surface area contributed by atoms with Gasteiger partial charge in [-0.2, -0.15) is 0 Å². The largest absolute Gasteiger partial charge is 0.349 e. The van der Waals surface area contributed by atoms with E-state index < -0.39 is 0 Å². The van der Waals surface area contributed by atoms with Crippen molar-refractivity contribution >= 4 is 28.8 Å². The summed E-state index contributed by atoms with van der Waals surface area (Å²) < 4.78 is 0. The number of halogens is 1. The molecule has 0 radical (unpaired) electrons. The summed E-state index contributed by atoms with van der Waals surface area (Å²) in [5.74, 6) is -0.142. The van der Waals surface area contributed by atoms with Gasteiger partial charge in [-0.25, -0.2) is 0 Å². The van der Waals surface area contributed by atoms with Gasteiger partial charge in [0.05, 0.1) is 5.02 Å². The molecule has 0 bridgehead atoms. The Kier molecular flexibility index (Phi) is 4.77. The van der Waals surface area contributed by atoms with Gasteiger partial charge in [-0.05, 0) is 24.3 Å². The van der Waals surface area contributed by atoms with Crippen LogP contribution < -0.4 is 11.1 Å². The minimum atomic E-state index is -0.320. The van der Waals surface area contributed by atoms with Gasteiger partial charge in [-0.3, -0.25) is 4.79 Å². The molecule has 0 aliphatic rings. The lowest BCUT2D eigenvalue weighted by Crippen LogP contribution is -2.49. The highest BCUT2D eigenvalue weighted by molar-refractivity contribution is 7.12. The highest BCUT2D eigenvalue weighted by Gasteiger charge is 2.22. The zero-order valence-electron chi connectivity index (χ0n) is 9.55. The lowest BCUT2D eigenvalue weighted by Gasteiger charge is -2.26. The molecule has 0 saturated heterocycles. The Balaban J connectivity index is 2.57. The summed E-state index contributed by atoms with van der Waals surface area (Å²) in [6.07, 6.45) is 1.67. The fourth-order valence-electron chi connectivity index (χ4n) is 1.29. The first kappa shape index (κ1) is 13.5. The molecule has 0 fully saturated rings. The van der Waals surface area contributed by atoms with Gasteiger partial charge in [-0.15, -0.1) is 11.3 Å². The Bertz CT molecular complexity index is 361. The predicted molar refractivity (Wildman–Crippen MR) is 69.2 cm³/mol. The topological polar surface area (TPSA) is 55.1 Å². The quantitative estimate of drug-likeness (QED) is 0.855. The first-order valence-electron chi connectivity index (χ1n) is 5.32. The van der Waals surface area contributed by atoms with E-state index in [1.54, 1.807) is 11.4 Å². The summed E-state index contributed by atoms with van der Waals surface area (Å²) in [5, 5.41) is 5.13. The number of nitrogens with two attached hydrogens (primary N) is 1. The van der Waals surface area contributed by atoms with Crippen LogP contribution in [0.2, 0.25) is 5.02 Å². The zero-order chi connectivity index (χ0) is 12.2. The van der Waals surface area contributed by atoms with Crippen LogP contribution in [0.25, 0.3) is 0 Å². The number of rotatable bonds is 5. The Morgan fingerprint density at radius 1 is 1.56 bits per heavy atom. The van der Waals surface area contributed by atoms with Crippen molar-refractivity contribution in [3.05, 3.63) is 21.3 Å². The lowest BCUT2D eigenvalue weighted by atomic mass is 9.94. The maximum absolute atomic E-state index is 11.8. The molecule has 1 heterocycles. The second-order valence-corrected chi connectivity index (χ2v) is 5.17. The molecule has 1 aromatic rings. The van der Waals surface area contributed by atoms with Crippen LogP contribution >= 0.6 is 22.9 Å². The monoisotopic (exact) mass is 260 g/mol. The summed E-state index contributed by atoms with van der Waals surface area (Å²) in [5.41, 5.74) is 5.77. The molecule has 3 nitrogen and oxygen atoms in total. The average Bonchev–Trinajstić information content (AvgIpc) is 2.72. The lowest BCUT2D eigenvalue weighted by molar-refractivity contribution is 0.0946. The molecule has 3 N–H and O–H groups in total. The Morgan fingerprint density at radius 3 is 2.62 bits per heavy atom. The number of nitrogens with one attached hydrogen (secondary N) is 1. The van der Waals surface area contributed by atoms with Crippen LogP contribution in [0.5, 0.6) is 0 Å². The van der Waals surface area contributed by atoms with E-state index in [0.29, 0.717) is 16.4 Å². The fourth-order valence-corrected chi connectivity index (χ4v) is 2.35. The van der Waals surface area contributed by atoms with Gasteiger partial charge in [0.25, 0.3) is 5.91 Å². The van der Waals surface area contributed by atoms with E-state index in [2.05, 4.69) is 5.32 Å². The van der Waals surface area contributed by atoms with E-state index in [9.17, 15) is 4.79 Å². The molecular formula is C11H17ClN2OS. The van der Waals surface area contributed by atoms with Crippen molar-refractivity contribution < 1.29 is 4.79 Å². The molecule has 0 aliphatic carbocycles. The standard InChI is InChI=1S/C11H17ClN2OS/c1-3-11(13,4-2)7-14-10(15)9-8(12)5-6-16-9/h5-6H,3-4,7,13H2,1-2H3,(H,14,15). The average molecular weight is 261 g/mol. The Hall–Kier alpha value is -0.580. The van der Waals surface area contributed by atoms with Crippen molar-refractivity contribution in [3.63, 3.8) is 0 Å². The summed E-state index contributed by atoms with van der Waals surface area (Å²) in [7, 11) is 0. The van der Waals surface area contributed by atoms with Crippen molar-refractivity contribution in [2.45, 2.75) is 32.2 Å². The molecule has 0 unspecified atom stereocenters. The first-order chi connectivity index (χ1) is 7.52. The maximum Gasteiger partial charge on any atom is 0.262 e. The SMILES string of the molecule is CCC(N)(CC)CNC(=O)c1sccc1Cl. The van der Waals surface area contributed by atoms with Crippen LogP contribution in [0.1, 0.15) is 36.4 Å². The van der Waals surface area contributed by atoms with E-state index in [1.807, 2.05) is 13.8 Å². The summed E-state index contributed by atoms with van der Waals surface area (Å²) in [4.78, 5) is 12.3. The zero-order valence-corrected chi connectivity index (χ0v) is 11.1. The van der Waals surface area contributed by atoms with Gasteiger partial charge in [0.2, 0.25) is 0 Å². The number of hydrogen-bond acceptors (Lipinski definition) is 3. The van der Waals surface area contributed by atoms with E-state index >= 15 is 0 Å². The third kappa shape index (κ3) is 3.20. The Morgan fingerprint density at radius 2 is 2.19 bits per heavy atom. The Labute approximate surface area is 105 Å². The van der Waals surface area contributed by atoms with Crippen LogP contribution in [0.15, 0.2) is 11.4 Å². The van der Waals surface area contributed by atoms with Crippen LogP contribution in [-0.2, 0) is 0 Å². The van der Waals surface area contributed by atoms with E-state index in [1.165, 1.54) is 11.3 Å². The summed E-state index contributed by atoms with van der Waals surface area (Å²) in [6, 6.07) is 1.72. The molecule has 1 aromatic heterocycles. The normalized spacial score (nSPS) is 11.5. The number of carbonyl (C=O) groups is 1. The molecule has 0 atom stereocenters. The van der Waals surface area contributed by atoms with Crippen molar-refractivity contribution in [1.82, 2.24) is 5.32 Å². The van der Waals surface area contributed by atoms with Gasteiger partial charge < -0.3 is 11.1 Å². The number of carbonyl (C=O) groups excluding carboxylic acids is 1. The fraction of sp³-hybridized carbons (Fsp3) is 0.545. The van der Waals surface area contributed by atoms with Gasteiger partial charge in [0.1, 0.15) is 4.88 Å². The van der Waals surface area contributed by atoms with E-state index in [-0.39, 0.29) is 11.4 Å². The second kappa shape index (κ2) is 5.66. The molecule has 0 aliphatic heterocycles. The van der Waals surface area contributed by atoms with Gasteiger partial charge in [0, 0.05) is 12.1 Å². The highest BCUT2D eigenvalue weighted by Crippen LogP contribution is 2.21. The third-order valence-electron chi connectivity index (χ3n) is 2.83. The van der Waals surface area contributed by atoms with Gasteiger partial charge in [0.15, 0.2) is 0 Å².